The van der Waals surface area contributed by atoms with Crippen molar-refractivity contribution >= 4 is 39.1 Å². The van der Waals surface area contributed by atoms with Crippen molar-refractivity contribution in [2.24, 2.45) is 0 Å². The lowest BCUT2D eigenvalue weighted by Crippen LogP contribution is -2.37. The highest BCUT2D eigenvalue weighted by molar-refractivity contribution is 7.98. The molecule has 27 heavy (non-hydrogen) atoms. The van der Waals surface area contributed by atoms with Crippen molar-refractivity contribution in [3.63, 3.8) is 0 Å². The van der Waals surface area contributed by atoms with Gasteiger partial charge in [-0.25, -0.2) is 8.42 Å². The van der Waals surface area contributed by atoms with Crippen molar-refractivity contribution in [2.45, 2.75) is 24.8 Å². The van der Waals surface area contributed by atoms with Crippen LogP contribution in [0.3, 0.4) is 0 Å². The van der Waals surface area contributed by atoms with E-state index in [4.69, 9.17) is 4.74 Å². The smallest absolute Gasteiger partial charge is 0.245 e. The number of carbonyl (C=O) groups is 1. The van der Waals surface area contributed by atoms with E-state index in [1.54, 1.807) is 42.5 Å². The maximum absolute atomic E-state index is 12.5. The summed E-state index contributed by atoms with van der Waals surface area (Å²) in [7, 11) is -3.62. The number of ether oxygens (including phenoxy) is 1. The maximum atomic E-state index is 12.5. The highest BCUT2D eigenvalue weighted by Crippen LogP contribution is 2.24. The number of carbonyl (C=O) groups excluding carboxylic acids is 1. The predicted molar refractivity (Wildman–Crippen MR) is 111 cm³/mol. The molecule has 0 unspecified atom stereocenters. The number of rotatable bonds is 8. The van der Waals surface area contributed by atoms with Gasteiger partial charge in [0.05, 0.1) is 18.0 Å². The molecule has 0 saturated heterocycles. The highest BCUT2D eigenvalue weighted by atomic mass is 32.2. The molecule has 6 nitrogen and oxygen atoms in total. The first-order valence-electron chi connectivity index (χ1n) is 8.37. The van der Waals surface area contributed by atoms with Crippen LogP contribution in [0, 0.1) is 0 Å². The van der Waals surface area contributed by atoms with Gasteiger partial charge in [0.1, 0.15) is 12.3 Å². The summed E-state index contributed by atoms with van der Waals surface area (Å²) in [5.74, 6) is 0.201. The molecule has 0 fully saturated rings. The lowest BCUT2D eigenvalue weighted by Gasteiger charge is -2.22. The van der Waals surface area contributed by atoms with E-state index in [1.165, 1.54) is 11.8 Å². The highest BCUT2D eigenvalue weighted by Gasteiger charge is 2.21. The molecule has 1 amide bonds. The molecule has 2 rings (SSSR count). The molecule has 0 atom stereocenters. The Labute approximate surface area is 165 Å². The van der Waals surface area contributed by atoms with E-state index in [0.29, 0.717) is 17.1 Å². The fourth-order valence-electron chi connectivity index (χ4n) is 2.42. The normalized spacial score (nSPS) is 11.3. The van der Waals surface area contributed by atoms with E-state index < -0.39 is 15.9 Å². The van der Waals surface area contributed by atoms with Crippen molar-refractivity contribution in [3.8, 4) is 5.75 Å². The Hall–Kier alpha value is -2.19. The molecule has 0 aliphatic rings. The van der Waals surface area contributed by atoms with Gasteiger partial charge in [0, 0.05) is 16.6 Å². The monoisotopic (exact) mass is 408 g/mol. The number of sulfonamides is 1. The van der Waals surface area contributed by atoms with Gasteiger partial charge in [0.15, 0.2) is 0 Å². The Morgan fingerprint density at radius 1 is 1.19 bits per heavy atom. The van der Waals surface area contributed by atoms with E-state index >= 15 is 0 Å². The van der Waals surface area contributed by atoms with E-state index in [2.05, 4.69) is 5.32 Å². The molecule has 0 heterocycles. The molecule has 0 aromatic heterocycles. The third-order valence-electron chi connectivity index (χ3n) is 3.52. The molecular formula is C19H24N2O4S2. The van der Waals surface area contributed by atoms with Gasteiger partial charge in [-0.15, -0.1) is 11.8 Å². The number of nitrogens with zero attached hydrogens (tertiary/aromatic N) is 1. The fourth-order valence-corrected chi connectivity index (χ4v) is 3.72. The minimum atomic E-state index is -3.62. The van der Waals surface area contributed by atoms with Gasteiger partial charge in [0.25, 0.3) is 0 Å². The second-order valence-corrected chi connectivity index (χ2v) is 9.00. The first-order chi connectivity index (χ1) is 12.7. The molecule has 0 bridgehead atoms. The summed E-state index contributed by atoms with van der Waals surface area (Å²) in [5, 5.41) is 2.73. The van der Waals surface area contributed by atoms with Crippen molar-refractivity contribution in [2.75, 3.05) is 28.7 Å². The van der Waals surface area contributed by atoms with Crippen LogP contribution in [-0.2, 0) is 14.8 Å². The van der Waals surface area contributed by atoms with Crippen LogP contribution in [-0.4, -0.2) is 39.5 Å². The van der Waals surface area contributed by atoms with Crippen LogP contribution in [0.4, 0.5) is 11.4 Å². The second kappa shape index (κ2) is 9.14. The fraction of sp³-hybridized carbons (Fsp3) is 0.316. The first kappa shape index (κ1) is 21.1. The molecular weight excluding hydrogens is 384 g/mol. The minimum Gasteiger partial charge on any atom is -0.491 e. The average molecular weight is 409 g/mol. The molecule has 0 aliphatic heterocycles. The summed E-state index contributed by atoms with van der Waals surface area (Å²) < 4.78 is 31.1. The zero-order chi connectivity index (χ0) is 20.0. The molecule has 0 aliphatic carbocycles. The number of hydrogen-bond acceptors (Lipinski definition) is 5. The standard InChI is InChI=1S/C19H24N2O4S2/c1-14(2)25-17-9-5-7-15(11-17)20-19(22)13-21(27(4,23)24)16-8-6-10-18(12-16)26-3/h5-12,14H,13H2,1-4H3,(H,20,22). The Morgan fingerprint density at radius 3 is 2.52 bits per heavy atom. The molecule has 1 N–H and O–H groups in total. The Bertz CT molecular complexity index is 898. The first-order valence-corrected chi connectivity index (χ1v) is 11.4. The zero-order valence-corrected chi connectivity index (χ0v) is 17.4. The van der Waals surface area contributed by atoms with Crippen LogP contribution in [0.25, 0.3) is 0 Å². The average Bonchev–Trinajstić information content (AvgIpc) is 2.58. The summed E-state index contributed by atoms with van der Waals surface area (Å²) in [4.78, 5) is 13.4. The van der Waals surface area contributed by atoms with Gasteiger partial charge in [-0.05, 0) is 50.4 Å². The summed E-state index contributed by atoms with van der Waals surface area (Å²) in [6.07, 6.45) is 3.01. The van der Waals surface area contributed by atoms with Crippen molar-refractivity contribution in [3.05, 3.63) is 48.5 Å². The summed E-state index contributed by atoms with van der Waals surface area (Å²) >= 11 is 1.50. The minimum absolute atomic E-state index is 0.0142. The van der Waals surface area contributed by atoms with E-state index in [9.17, 15) is 13.2 Å². The van der Waals surface area contributed by atoms with Crippen molar-refractivity contribution in [1.29, 1.82) is 0 Å². The van der Waals surface area contributed by atoms with Gasteiger partial charge in [-0.3, -0.25) is 9.10 Å². The quantitative estimate of drug-likeness (QED) is 0.676. The Morgan fingerprint density at radius 2 is 1.89 bits per heavy atom. The molecule has 2 aromatic carbocycles. The van der Waals surface area contributed by atoms with Gasteiger partial charge < -0.3 is 10.1 Å². The summed E-state index contributed by atoms with van der Waals surface area (Å²) in [5.41, 5.74) is 1.00. The van der Waals surface area contributed by atoms with Crippen LogP contribution in [0.2, 0.25) is 0 Å². The van der Waals surface area contributed by atoms with Crippen LogP contribution < -0.4 is 14.4 Å². The van der Waals surface area contributed by atoms with E-state index in [1.807, 2.05) is 26.2 Å². The molecule has 0 radical (unpaired) electrons. The van der Waals surface area contributed by atoms with Gasteiger partial charge >= 0.3 is 0 Å². The molecule has 146 valence electrons. The number of thioether (sulfide) groups is 1. The number of nitrogens with one attached hydrogen (secondary N) is 1. The Kier molecular flexibility index (Phi) is 7.15. The maximum Gasteiger partial charge on any atom is 0.245 e. The lowest BCUT2D eigenvalue weighted by molar-refractivity contribution is -0.114. The third-order valence-corrected chi connectivity index (χ3v) is 5.38. The summed E-state index contributed by atoms with van der Waals surface area (Å²) in [6, 6.07) is 14.1. The molecule has 0 spiro atoms. The number of amides is 1. The topological polar surface area (TPSA) is 75.7 Å². The summed E-state index contributed by atoms with van der Waals surface area (Å²) in [6.45, 7) is 3.52. The Balaban J connectivity index is 2.17. The van der Waals surface area contributed by atoms with Crippen LogP contribution in [0.1, 0.15) is 13.8 Å². The molecule has 0 saturated carbocycles. The largest absolute Gasteiger partial charge is 0.491 e. The van der Waals surface area contributed by atoms with Crippen molar-refractivity contribution in [1.82, 2.24) is 0 Å². The number of benzene rings is 2. The third kappa shape index (κ3) is 6.48. The van der Waals surface area contributed by atoms with Crippen LogP contribution in [0.5, 0.6) is 5.75 Å². The van der Waals surface area contributed by atoms with Crippen molar-refractivity contribution < 1.29 is 17.9 Å². The van der Waals surface area contributed by atoms with Gasteiger partial charge in [0.2, 0.25) is 15.9 Å². The SMILES string of the molecule is CSc1cccc(N(CC(=O)Nc2cccc(OC(C)C)c2)S(C)(=O)=O)c1. The van der Waals surface area contributed by atoms with E-state index in [0.717, 1.165) is 15.5 Å². The number of anilines is 2. The van der Waals surface area contributed by atoms with Crippen LogP contribution >= 0.6 is 11.8 Å². The van der Waals surface area contributed by atoms with Gasteiger partial charge in [-0.2, -0.15) is 0 Å². The van der Waals surface area contributed by atoms with Gasteiger partial charge in [-0.1, -0.05) is 12.1 Å². The molecule has 2 aromatic rings. The van der Waals surface area contributed by atoms with E-state index in [-0.39, 0.29) is 12.6 Å². The number of hydrogen-bond donors (Lipinski definition) is 1. The lowest BCUT2D eigenvalue weighted by atomic mass is 10.3. The molecule has 8 heteroatoms. The second-order valence-electron chi connectivity index (χ2n) is 6.21. The predicted octanol–water partition coefficient (Wildman–Crippen LogP) is 3.60. The van der Waals surface area contributed by atoms with Crippen LogP contribution in [0.15, 0.2) is 53.4 Å². The zero-order valence-electron chi connectivity index (χ0n) is 15.8.